The fourth-order valence-corrected chi connectivity index (χ4v) is 0.888. The number of carbonyl (C=O) groups is 3. The van der Waals surface area contributed by atoms with Crippen molar-refractivity contribution < 1.29 is 14.4 Å². The van der Waals surface area contributed by atoms with E-state index in [9.17, 15) is 14.4 Å². The van der Waals surface area contributed by atoms with Crippen LogP contribution in [0.25, 0.3) is 0 Å². The Hall–Kier alpha value is -2.23. The van der Waals surface area contributed by atoms with E-state index in [-0.39, 0.29) is 0 Å². The number of benzene rings is 1. The van der Waals surface area contributed by atoms with Gasteiger partial charge in [0.2, 0.25) is 0 Å². The smallest absolute Gasteiger partial charge is 0.289 e. The Morgan fingerprint density at radius 2 is 1.73 bits per heavy atom. The number of rotatable bonds is 4. The summed E-state index contributed by atoms with van der Waals surface area (Å²) in [4.78, 5) is 32.4. The van der Waals surface area contributed by atoms with Crippen molar-refractivity contribution in [3.63, 3.8) is 0 Å². The molecule has 1 amide bonds. The van der Waals surface area contributed by atoms with Crippen molar-refractivity contribution >= 4 is 17.5 Å². The zero-order valence-electron chi connectivity index (χ0n) is 7.77. The molecule has 0 aliphatic rings. The summed E-state index contributed by atoms with van der Waals surface area (Å²) in [5, 5.41) is 0. The van der Waals surface area contributed by atoms with E-state index in [2.05, 4.69) is 5.73 Å². The first-order valence-corrected chi connectivity index (χ1v) is 4.14. The zero-order valence-corrected chi connectivity index (χ0v) is 7.77. The third-order valence-electron chi connectivity index (χ3n) is 1.62. The molecule has 1 aromatic carbocycles. The minimum Gasteiger partial charge on any atom is -0.363 e. The monoisotopic (exact) mass is 202 g/mol. The molecule has 0 spiro atoms. The Bertz CT molecular complexity index is 421. The van der Waals surface area contributed by atoms with Crippen molar-refractivity contribution in [1.82, 2.24) is 0 Å². The highest BCUT2D eigenvalue weighted by Gasteiger charge is 2.06. The predicted octanol–water partition coefficient (Wildman–Crippen LogP) is 0.283. The van der Waals surface area contributed by atoms with E-state index in [4.69, 9.17) is 0 Å². The van der Waals surface area contributed by atoms with Gasteiger partial charge in [-0.2, -0.15) is 0 Å². The van der Waals surface area contributed by atoms with Gasteiger partial charge in [-0.15, -0.1) is 0 Å². The highest BCUT2D eigenvalue weighted by molar-refractivity contribution is 6.39. The van der Waals surface area contributed by atoms with Crippen LogP contribution in [0.4, 0.5) is 0 Å². The van der Waals surface area contributed by atoms with Crippen LogP contribution in [0.15, 0.2) is 36.4 Å². The molecule has 0 aromatic heterocycles. The fraction of sp³-hybridized carbons (Fsp3) is 0. The van der Waals surface area contributed by atoms with Gasteiger partial charge < -0.3 is 5.73 Å². The van der Waals surface area contributed by atoms with Crippen LogP contribution in [-0.4, -0.2) is 17.5 Å². The minimum absolute atomic E-state index is 0.398. The maximum absolute atomic E-state index is 11.3. The van der Waals surface area contributed by atoms with E-state index in [1.165, 1.54) is 0 Å². The summed E-state index contributed by atoms with van der Waals surface area (Å²) in [6.45, 7) is 0. The Labute approximate surface area is 86.4 Å². The van der Waals surface area contributed by atoms with Crippen LogP contribution in [0.2, 0.25) is 0 Å². The van der Waals surface area contributed by atoms with Gasteiger partial charge in [-0.1, -0.05) is 30.3 Å². The number of allylic oxidation sites excluding steroid dienone is 1. The van der Waals surface area contributed by atoms with Gasteiger partial charge in [0.05, 0.1) is 0 Å². The van der Waals surface area contributed by atoms with Crippen LogP contribution in [0.5, 0.6) is 0 Å². The van der Waals surface area contributed by atoms with Crippen molar-refractivity contribution in [2.45, 2.75) is 0 Å². The van der Waals surface area contributed by atoms with E-state index in [0.29, 0.717) is 5.56 Å². The molecule has 0 aliphatic carbocycles. The highest BCUT2D eigenvalue weighted by Crippen LogP contribution is 2.00. The number of primary amides is 1. The van der Waals surface area contributed by atoms with Crippen molar-refractivity contribution in [3.05, 3.63) is 48.0 Å². The summed E-state index contributed by atoms with van der Waals surface area (Å²) in [6.07, 6.45) is 2.90. The van der Waals surface area contributed by atoms with Crippen LogP contribution in [0, 0.1) is 6.08 Å². The van der Waals surface area contributed by atoms with Crippen LogP contribution in [-0.2, 0) is 9.59 Å². The first-order valence-electron chi connectivity index (χ1n) is 4.14. The SMILES string of the molecule is NC(=O)C(=O)[C]=CC(=O)c1ccccc1. The number of ketones is 2. The van der Waals surface area contributed by atoms with Crippen molar-refractivity contribution in [1.29, 1.82) is 0 Å². The Kier molecular flexibility index (Phi) is 3.51. The second-order valence-corrected chi connectivity index (χ2v) is 2.71. The lowest BCUT2D eigenvalue weighted by atomic mass is 10.1. The average molecular weight is 202 g/mol. The molecule has 0 bridgehead atoms. The van der Waals surface area contributed by atoms with Gasteiger partial charge in [0.25, 0.3) is 11.7 Å². The highest BCUT2D eigenvalue weighted by atomic mass is 16.2. The van der Waals surface area contributed by atoms with E-state index in [1.54, 1.807) is 30.3 Å². The van der Waals surface area contributed by atoms with E-state index < -0.39 is 17.5 Å². The molecule has 4 heteroatoms. The summed E-state index contributed by atoms with van der Waals surface area (Å²) < 4.78 is 0. The summed E-state index contributed by atoms with van der Waals surface area (Å²) >= 11 is 0. The zero-order chi connectivity index (χ0) is 11.3. The average Bonchev–Trinajstić information content (AvgIpc) is 2.26. The number of carbonyl (C=O) groups excluding carboxylic acids is 3. The fourth-order valence-electron chi connectivity index (χ4n) is 0.888. The van der Waals surface area contributed by atoms with Crippen LogP contribution < -0.4 is 5.73 Å². The Morgan fingerprint density at radius 1 is 1.13 bits per heavy atom. The predicted molar refractivity (Wildman–Crippen MR) is 52.8 cm³/mol. The lowest BCUT2D eigenvalue weighted by Gasteiger charge is -1.92. The molecule has 2 N–H and O–H groups in total. The first-order chi connectivity index (χ1) is 7.11. The van der Waals surface area contributed by atoms with Gasteiger partial charge in [0.1, 0.15) is 0 Å². The molecule has 1 rings (SSSR count). The number of amides is 1. The lowest BCUT2D eigenvalue weighted by Crippen LogP contribution is -2.21. The number of Topliss-reactive ketones (excluding diaryl/α,β-unsaturated/α-hetero) is 1. The summed E-state index contributed by atoms with van der Waals surface area (Å²) in [5.74, 6) is -2.54. The van der Waals surface area contributed by atoms with Crippen LogP contribution in [0.1, 0.15) is 10.4 Å². The molecule has 0 unspecified atom stereocenters. The molecule has 0 fully saturated rings. The maximum atomic E-state index is 11.3. The molecule has 0 heterocycles. The lowest BCUT2D eigenvalue weighted by molar-refractivity contribution is -0.133. The molecule has 0 saturated heterocycles. The maximum Gasteiger partial charge on any atom is 0.289 e. The van der Waals surface area contributed by atoms with Crippen molar-refractivity contribution in [2.24, 2.45) is 5.73 Å². The molecule has 1 radical (unpaired) electrons. The first kappa shape index (κ1) is 10.8. The topological polar surface area (TPSA) is 77.2 Å². The van der Waals surface area contributed by atoms with E-state index >= 15 is 0 Å². The minimum atomic E-state index is -1.13. The largest absolute Gasteiger partial charge is 0.363 e. The van der Waals surface area contributed by atoms with E-state index in [0.717, 1.165) is 6.08 Å². The van der Waals surface area contributed by atoms with Crippen molar-refractivity contribution in [2.75, 3.05) is 0 Å². The number of hydrogen-bond acceptors (Lipinski definition) is 3. The quantitative estimate of drug-likeness (QED) is 0.433. The van der Waals surface area contributed by atoms with Gasteiger partial charge in [-0.05, 0) is 6.08 Å². The van der Waals surface area contributed by atoms with Gasteiger partial charge in [-0.3, -0.25) is 14.4 Å². The molecule has 0 aliphatic heterocycles. The standard InChI is InChI=1S/C11H8NO3/c12-11(15)10(14)7-6-9(13)8-4-2-1-3-5-8/h1-6H,(H2,12,15). The van der Waals surface area contributed by atoms with Gasteiger partial charge in [-0.25, -0.2) is 0 Å². The molecular weight excluding hydrogens is 194 g/mol. The molecule has 0 atom stereocenters. The van der Waals surface area contributed by atoms with Crippen LogP contribution >= 0.6 is 0 Å². The third kappa shape index (κ3) is 3.19. The molecule has 4 nitrogen and oxygen atoms in total. The summed E-state index contributed by atoms with van der Waals surface area (Å²) in [5.41, 5.74) is 5.10. The van der Waals surface area contributed by atoms with Crippen molar-refractivity contribution in [3.8, 4) is 0 Å². The normalized spacial score (nSPS) is 10.1. The summed E-state index contributed by atoms with van der Waals surface area (Å²) in [7, 11) is 0. The van der Waals surface area contributed by atoms with E-state index in [1.807, 2.05) is 6.08 Å². The Balaban J connectivity index is 2.73. The molecule has 75 valence electrons. The molecular formula is C11H8NO3. The number of hydrogen-bond donors (Lipinski definition) is 1. The summed E-state index contributed by atoms with van der Waals surface area (Å²) in [6, 6.07) is 8.33. The van der Waals surface area contributed by atoms with Gasteiger partial charge in [0.15, 0.2) is 5.78 Å². The second kappa shape index (κ2) is 4.85. The molecule has 0 saturated carbocycles. The molecule has 1 aromatic rings. The van der Waals surface area contributed by atoms with Gasteiger partial charge >= 0.3 is 0 Å². The third-order valence-corrected chi connectivity index (χ3v) is 1.62. The number of nitrogens with two attached hydrogens (primary N) is 1. The second-order valence-electron chi connectivity index (χ2n) is 2.71. The molecule has 15 heavy (non-hydrogen) atoms. The Morgan fingerprint density at radius 3 is 2.27 bits per heavy atom. The van der Waals surface area contributed by atoms with Gasteiger partial charge in [0, 0.05) is 11.6 Å². The van der Waals surface area contributed by atoms with Crippen LogP contribution in [0.3, 0.4) is 0 Å².